The van der Waals surface area contributed by atoms with E-state index in [0.717, 1.165) is 32.6 Å². The molecule has 0 bridgehead atoms. The average molecular weight is 472 g/mol. The Kier molecular flexibility index (Phi) is 8.00. The molecule has 2 unspecified atom stereocenters. The number of aliphatic hydroxyl groups is 2. The Bertz CT molecular complexity index is 1150. The summed E-state index contributed by atoms with van der Waals surface area (Å²) in [5.74, 6) is -1.01. The molecule has 0 radical (unpaired) electrons. The quantitative estimate of drug-likeness (QED) is 0.359. The van der Waals surface area contributed by atoms with Gasteiger partial charge in [0.2, 0.25) is 0 Å². The van der Waals surface area contributed by atoms with Crippen LogP contribution in [-0.4, -0.2) is 38.5 Å². The minimum absolute atomic E-state index is 0.0860. The maximum atomic E-state index is 13.7. The van der Waals surface area contributed by atoms with Crippen molar-refractivity contribution >= 4 is 33.6 Å². The van der Waals surface area contributed by atoms with Crippen molar-refractivity contribution in [3.63, 3.8) is 0 Å². The molecule has 2 aromatic heterocycles. The van der Waals surface area contributed by atoms with Crippen molar-refractivity contribution in [1.82, 2.24) is 4.98 Å². The first-order chi connectivity index (χ1) is 15.6. The van der Waals surface area contributed by atoms with Crippen LogP contribution in [0.5, 0.6) is 0 Å². The van der Waals surface area contributed by atoms with Gasteiger partial charge in [0.05, 0.1) is 24.3 Å². The normalized spacial score (nSPS) is 14.0. The number of aliphatic hydroxyl groups excluding tert-OH is 2. The number of hydrogen-bond donors (Lipinski definition) is 3. The second-order valence-electron chi connectivity index (χ2n) is 8.88. The Hall–Kier alpha value is -2.61. The number of pyridine rings is 1. The number of aliphatic carboxylic acids is 1. The summed E-state index contributed by atoms with van der Waals surface area (Å²) < 4.78 is 13.7. The summed E-state index contributed by atoms with van der Waals surface area (Å²) in [6.07, 6.45) is 0.661. The molecule has 0 aliphatic carbocycles. The lowest BCUT2D eigenvalue weighted by atomic mass is 9.91. The maximum Gasteiger partial charge on any atom is 0.305 e. The molecule has 7 heteroatoms. The second-order valence-corrected chi connectivity index (χ2v) is 9.95. The van der Waals surface area contributed by atoms with Gasteiger partial charge in [-0.2, -0.15) is 0 Å². The zero-order valence-corrected chi connectivity index (χ0v) is 20.1. The number of rotatable bonds is 9. The fourth-order valence-corrected chi connectivity index (χ4v) is 4.83. The predicted molar refractivity (Wildman–Crippen MR) is 131 cm³/mol. The number of carboxylic acid groups (broad SMARTS) is 1. The van der Waals surface area contributed by atoms with E-state index in [1.807, 2.05) is 13.8 Å². The molecule has 3 rings (SSSR count). The molecule has 2 atom stereocenters. The molecule has 1 aromatic carbocycles. The highest BCUT2D eigenvalue weighted by Gasteiger charge is 2.21. The number of carboxylic acids is 1. The van der Waals surface area contributed by atoms with E-state index in [2.05, 4.69) is 19.9 Å². The molecular weight excluding hydrogens is 441 g/mol. The Morgan fingerprint density at radius 1 is 1.12 bits per heavy atom. The van der Waals surface area contributed by atoms with Gasteiger partial charge in [0.15, 0.2) is 0 Å². The van der Waals surface area contributed by atoms with Gasteiger partial charge in [-0.3, -0.25) is 4.79 Å². The van der Waals surface area contributed by atoms with Crippen molar-refractivity contribution in [2.45, 2.75) is 64.6 Å². The van der Waals surface area contributed by atoms with E-state index in [1.165, 1.54) is 17.0 Å². The van der Waals surface area contributed by atoms with Crippen molar-refractivity contribution in [2.75, 3.05) is 0 Å². The first kappa shape index (κ1) is 25.0. The first-order valence-corrected chi connectivity index (χ1v) is 11.9. The number of benzene rings is 1. The minimum Gasteiger partial charge on any atom is -0.481 e. The highest BCUT2D eigenvalue weighted by atomic mass is 32.1. The van der Waals surface area contributed by atoms with Crippen LogP contribution in [-0.2, 0) is 4.79 Å². The Morgan fingerprint density at radius 3 is 2.36 bits per heavy atom. The van der Waals surface area contributed by atoms with Gasteiger partial charge in [-0.05, 0) is 35.6 Å². The van der Waals surface area contributed by atoms with E-state index in [-0.39, 0.29) is 18.2 Å². The smallest absolute Gasteiger partial charge is 0.305 e. The van der Waals surface area contributed by atoms with Crippen LogP contribution in [0.25, 0.3) is 27.4 Å². The predicted octanol–water partition coefficient (Wildman–Crippen LogP) is 5.95. The number of thiophene rings is 1. The van der Waals surface area contributed by atoms with Crippen LogP contribution in [0.4, 0.5) is 4.39 Å². The monoisotopic (exact) mass is 471 g/mol. The topological polar surface area (TPSA) is 90.7 Å². The number of aromatic nitrogens is 1. The van der Waals surface area contributed by atoms with Crippen molar-refractivity contribution in [2.24, 2.45) is 0 Å². The van der Waals surface area contributed by atoms with Gasteiger partial charge in [0.1, 0.15) is 10.6 Å². The molecule has 5 nitrogen and oxygen atoms in total. The van der Waals surface area contributed by atoms with E-state index in [0.29, 0.717) is 5.92 Å². The summed E-state index contributed by atoms with van der Waals surface area (Å²) in [5.41, 5.74) is 3.44. The highest BCUT2D eigenvalue weighted by Crippen LogP contribution is 2.41. The summed E-state index contributed by atoms with van der Waals surface area (Å²) in [4.78, 5) is 17.9. The molecule has 3 aromatic rings. The number of hydrogen-bond acceptors (Lipinski definition) is 5. The molecular formula is C26H30FNO4S. The Morgan fingerprint density at radius 2 is 1.79 bits per heavy atom. The summed E-state index contributed by atoms with van der Waals surface area (Å²) in [6.45, 7) is 8.35. The van der Waals surface area contributed by atoms with Crippen LogP contribution in [0.15, 0.2) is 36.4 Å². The molecule has 176 valence electrons. The Labute approximate surface area is 197 Å². The molecule has 0 fully saturated rings. The standard InChI is InChI=1S/C26H30FNO4S/c1-14(2)22-13-21-24(16-5-7-17(27)8-6-16)20(25(15(3)4)28-26(21)33-22)10-9-18(29)11-19(30)12-23(31)32/h5-10,13-15,18-19,29-30H,11-12H2,1-4H3,(H,31,32)/b10-9+. The SMILES string of the molecule is CC(C)c1cc2c(-c3ccc(F)cc3)c(/C=C/C(O)CC(O)CC(=O)O)c(C(C)C)nc2s1. The lowest BCUT2D eigenvalue weighted by Gasteiger charge is -2.17. The number of nitrogens with zero attached hydrogens (tertiary/aromatic N) is 1. The van der Waals surface area contributed by atoms with Crippen LogP contribution in [0.3, 0.4) is 0 Å². The minimum atomic E-state index is -1.14. The van der Waals surface area contributed by atoms with Crippen LogP contribution < -0.4 is 0 Å². The zero-order valence-electron chi connectivity index (χ0n) is 19.2. The molecule has 3 N–H and O–H groups in total. The van der Waals surface area contributed by atoms with Crippen LogP contribution >= 0.6 is 11.3 Å². The van der Waals surface area contributed by atoms with Crippen LogP contribution in [0.1, 0.15) is 68.5 Å². The van der Waals surface area contributed by atoms with E-state index in [1.54, 1.807) is 35.6 Å². The number of fused-ring (bicyclic) bond motifs is 1. The largest absolute Gasteiger partial charge is 0.481 e. The lowest BCUT2D eigenvalue weighted by Crippen LogP contribution is -2.19. The van der Waals surface area contributed by atoms with Crippen molar-refractivity contribution in [3.8, 4) is 11.1 Å². The molecule has 0 saturated carbocycles. The van der Waals surface area contributed by atoms with E-state index in [9.17, 15) is 19.4 Å². The van der Waals surface area contributed by atoms with E-state index in [4.69, 9.17) is 10.1 Å². The summed E-state index contributed by atoms with van der Waals surface area (Å²) in [5, 5.41) is 30.1. The van der Waals surface area contributed by atoms with Gasteiger partial charge in [-0.25, -0.2) is 9.37 Å². The fraction of sp³-hybridized carbons (Fsp3) is 0.385. The van der Waals surface area contributed by atoms with Gasteiger partial charge in [-0.1, -0.05) is 52.0 Å². The average Bonchev–Trinajstić information content (AvgIpc) is 3.15. The van der Waals surface area contributed by atoms with Gasteiger partial charge >= 0.3 is 5.97 Å². The molecule has 2 heterocycles. The molecule has 0 spiro atoms. The molecule has 33 heavy (non-hydrogen) atoms. The van der Waals surface area contributed by atoms with Gasteiger partial charge in [0.25, 0.3) is 0 Å². The summed E-state index contributed by atoms with van der Waals surface area (Å²) >= 11 is 1.65. The maximum absolute atomic E-state index is 13.7. The van der Waals surface area contributed by atoms with Crippen LogP contribution in [0, 0.1) is 5.82 Å². The summed E-state index contributed by atoms with van der Waals surface area (Å²) in [7, 11) is 0. The van der Waals surface area contributed by atoms with E-state index >= 15 is 0 Å². The lowest BCUT2D eigenvalue weighted by molar-refractivity contribution is -0.139. The van der Waals surface area contributed by atoms with E-state index < -0.39 is 24.6 Å². The summed E-state index contributed by atoms with van der Waals surface area (Å²) in [6, 6.07) is 8.47. The molecule has 0 aliphatic rings. The third kappa shape index (κ3) is 6.05. The van der Waals surface area contributed by atoms with Crippen molar-refractivity contribution in [1.29, 1.82) is 0 Å². The van der Waals surface area contributed by atoms with Crippen molar-refractivity contribution < 1.29 is 24.5 Å². The van der Waals surface area contributed by atoms with Gasteiger partial charge in [-0.15, -0.1) is 11.3 Å². The van der Waals surface area contributed by atoms with Crippen molar-refractivity contribution in [3.05, 3.63) is 58.4 Å². The molecule has 0 saturated heterocycles. The van der Waals surface area contributed by atoms with Crippen LogP contribution in [0.2, 0.25) is 0 Å². The third-order valence-corrected chi connectivity index (χ3v) is 6.76. The fourth-order valence-electron chi connectivity index (χ4n) is 3.78. The Balaban J connectivity index is 2.16. The van der Waals surface area contributed by atoms with Gasteiger partial charge < -0.3 is 15.3 Å². The van der Waals surface area contributed by atoms with Gasteiger partial charge in [0, 0.05) is 27.8 Å². The number of carbonyl (C=O) groups is 1. The zero-order chi connectivity index (χ0) is 24.3. The molecule has 0 aliphatic heterocycles. The second kappa shape index (κ2) is 10.5. The first-order valence-electron chi connectivity index (χ1n) is 11.1. The third-order valence-electron chi connectivity index (χ3n) is 5.43. The number of halogens is 1. The molecule has 0 amide bonds. The highest BCUT2D eigenvalue weighted by molar-refractivity contribution is 7.18.